The van der Waals surface area contributed by atoms with Gasteiger partial charge in [0.1, 0.15) is 0 Å². The minimum Gasteiger partial charge on any atom is -0.490 e. The van der Waals surface area contributed by atoms with Crippen molar-refractivity contribution in [2.45, 2.75) is 12.5 Å². The van der Waals surface area contributed by atoms with E-state index in [4.69, 9.17) is 26.9 Å². The van der Waals surface area contributed by atoms with Crippen LogP contribution in [-0.2, 0) is 0 Å². The average molecular weight is 305 g/mol. The van der Waals surface area contributed by atoms with Crippen LogP contribution in [-0.4, -0.2) is 13.2 Å². The second-order valence-electron chi connectivity index (χ2n) is 4.88. The summed E-state index contributed by atoms with van der Waals surface area (Å²) in [6.07, 6.45) is 0.882. The van der Waals surface area contributed by atoms with Gasteiger partial charge in [0.25, 0.3) is 0 Å². The average Bonchev–Trinajstić information content (AvgIpc) is 2.75. The molecule has 1 heterocycles. The number of nitrogens with one attached hydrogen (secondary N) is 1. The topological polar surface area (TPSA) is 56.5 Å². The van der Waals surface area contributed by atoms with Crippen molar-refractivity contribution in [2.24, 2.45) is 5.84 Å². The maximum atomic E-state index is 6.27. The number of benzene rings is 2. The quantitative estimate of drug-likeness (QED) is 0.676. The van der Waals surface area contributed by atoms with Crippen molar-refractivity contribution in [3.63, 3.8) is 0 Å². The fourth-order valence-electron chi connectivity index (χ4n) is 2.43. The Morgan fingerprint density at radius 2 is 1.81 bits per heavy atom. The Labute approximate surface area is 128 Å². The Hall–Kier alpha value is -1.75. The molecular weight excluding hydrogens is 288 g/mol. The fraction of sp³-hybridized carbons (Fsp3) is 0.250. The molecule has 0 aromatic heterocycles. The lowest BCUT2D eigenvalue weighted by molar-refractivity contribution is 0.297. The van der Waals surface area contributed by atoms with Gasteiger partial charge >= 0.3 is 0 Å². The highest BCUT2D eigenvalue weighted by Gasteiger charge is 2.18. The number of rotatable bonds is 3. The number of ether oxygens (including phenoxy) is 2. The number of hydrogen-bond acceptors (Lipinski definition) is 4. The van der Waals surface area contributed by atoms with Gasteiger partial charge in [-0.25, -0.2) is 5.43 Å². The molecule has 1 unspecified atom stereocenters. The van der Waals surface area contributed by atoms with E-state index in [-0.39, 0.29) is 6.04 Å². The van der Waals surface area contributed by atoms with Crippen LogP contribution in [0.2, 0.25) is 5.02 Å². The van der Waals surface area contributed by atoms with Gasteiger partial charge < -0.3 is 9.47 Å². The van der Waals surface area contributed by atoms with E-state index in [1.54, 1.807) is 0 Å². The van der Waals surface area contributed by atoms with Gasteiger partial charge in [-0.15, -0.1) is 0 Å². The van der Waals surface area contributed by atoms with Crippen molar-refractivity contribution >= 4 is 11.6 Å². The lowest BCUT2D eigenvalue weighted by Gasteiger charge is -2.19. The number of nitrogens with two attached hydrogens (primary N) is 1. The lowest BCUT2D eigenvalue weighted by atomic mass is 9.99. The molecule has 3 rings (SSSR count). The molecule has 2 aromatic rings. The van der Waals surface area contributed by atoms with Gasteiger partial charge in [0, 0.05) is 11.4 Å². The monoisotopic (exact) mass is 304 g/mol. The van der Waals surface area contributed by atoms with Crippen molar-refractivity contribution < 1.29 is 9.47 Å². The molecule has 4 nitrogen and oxygen atoms in total. The summed E-state index contributed by atoms with van der Waals surface area (Å²) in [4.78, 5) is 0. The number of hydrazine groups is 1. The Morgan fingerprint density at radius 1 is 1.05 bits per heavy atom. The normalized spacial score (nSPS) is 15.3. The molecule has 110 valence electrons. The van der Waals surface area contributed by atoms with E-state index in [2.05, 4.69) is 5.43 Å². The third kappa shape index (κ3) is 2.97. The van der Waals surface area contributed by atoms with Crippen LogP contribution in [0.4, 0.5) is 0 Å². The summed E-state index contributed by atoms with van der Waals surface area (Å²) in [5.74, 6) is 7.25. The Morgan fingerprint density at radius 3 is 2.57 bits per heavy atom. The van der Waals surface area contributed by atoms with Crippen LogP contribution in [0.5, 0.6) is 11.5 Å². The molecule has 5 heteroatoms. The molecule has 0 fully saturated rings. The predicted octanol–water partition coefficient (Wildman–Crippen LogP) is 3.05. The fourth-order valence-corrected chi connectivity index (χ4v) is 2.68. The zero-order chi connectivity index (χ0) is 14.7. The Bertz CT molecular complexity index is 633. The highest BCUT2D eigenvalue weighted by atomic mass is 35.5. The van der Waals surface area contributed by atoms with E-state index in [0.29, 0.717) is 18.2 Å². The maximum Gasteiger partial charge on any atom is 0.161 e. The minimum absolute atomic E-state index is 0.198. The van der Waals surface area contributed by atoms with E-state index in [1.165, 1.54) is 0 Å². The molecule has 1 aliphatic rings. The van der Waals surface area contributed by atoms with Crippen LogP contribution in [0, 0.1) is 0 Å². The van der Waals surface area contributed by atoms with Crippen molar-refractivity contribution in [3.8, 4) is 11.5 Å². The smallest absolute Gasteiger partial charge is 0.161 e. The van der Waals surface area contributed by atoms with Crippen LogP contribution in [0.15, 0.2) is 42.5 Å². The van der Waals surface area contributed by atoms with Crippen LogP contribution >= 0.6 is 11.6 Å². The lowest BCUT2D eigenvalue weighted by Crippen LogP contribution is -2.29. The third-order valence-electron chi connectivity index (χ3n) is 3.49. The van der Waals surface area contributed by atoms with Crippen LogP contribution in [0.3, 0.4) is 0 Å². The number of hydrogen-bond donors (Lipinski definition) is 2. The van der Waals surface area contributed by atoms with Crippen LogP contribution in [0.1, 0.15) is 23.6 Å². The summed E-state index contributed by atoms with van der Waals surface area (Å²) in [5.41, 5.74) is 4.73. The Kier molecular flexibility index (Phi) is 4.29. The first kappa shape index (κ1) is 14.2. The molecule has 1 atom stereocenters. The zero-order valence-corrected chi connectivity index (χ0v) is 12.3. The third-order valence-corrected chi connectivity index (χ3v) is 3.83. The largest absolute Gasteiger partial charge is 0.490 e. The molecule has 1 aliphatic heterocycles. The van der Waals surface area contributed by atoms with Gasteiger partial charge in [-0.05, 0) is 29.3 Å². The van der Waals surface area contributed by atoms with E-state index in [9.17, 15) is 0 Å². The van der Waals surface area contributed by atoms with Crippen LogP contribution < -0.4 is 20.7 Å². The molecule has 0 bridgehead atoms. The molecule has 0 aliphatic carbocycles. The summed E-state index contributed by atoms with van der Waals surface area (Å²) in [6.45, 7) is 1.33. The molecule has 2 aromatic carbocycles. The van der Waals surface area contributed by atoms with Crippen LogP contribution in [0.25, 0.3) is 0 Å². The van der Waals surface area contributed by atoms with E-state index >= 15 is 0 Å². The van der Waals surface area contributed by atoms with Gasteiger partial charge in [-0.2, -0.15) is 0 Å². The Balaban J connectivity index is 1.98. The standard InChI is InChI=1S/C16H17ClN2O2/c17-13-5-2-1-4-12(13)16(19-18)11-6-7-14-15(10-11)21-9-3-8-20-14/h1-2,4-7,10,16,19H,3,8-9,18H2. The first-order chi connectivity index (χ1) is 10.3. The van der Waals surface area contributed by atoms with Gasteiger partial charge in [-0.3, -0.25) is 5.84 Å². The zero-order valence-electron chi connectivity index (χ0n) is 11.5. The van der Waals surface area contributed by atoms with E-state index in [1.807, 2.05) is 42.5 Å². The highest BCUT2D eigenvalue weighted by Crippen LogP contribution is 2.35. The molecule has 0 spiro atoms. The summed E-state index contributed by atoms with van der Waals surface area (Å²) < 4.78 is 11.4. The maximum absolute atomic E-state index is 6.27. The summed E-state index contributed by atoms with van der Waals surface area (Å²) in [6, 6.07) is 13.3. The van der Waals surface area contributed by atoms with Crippen molar-refractivity contribution in [1.29, 1.82) is 0 Å². The first-order valence-electron chi connectivity index (χ1n) is 6.89. The molecule has 0 amide bonds. The second kappa shape index (κ2) is 6.35. The van der Waals surface area contributed by atoms with Gasteiger partial charge in [-0.1, -0.05) is 35.9 Å². The second-order valence-corrected chi connectivity index (χ2v) is 5.29. The van der Waals surface area contributed by atoms with Crippen molar-refractivity contribution in [1.82, 2.24) is 5.43 Å². The number of fused-ring (bicyclic) bond motifs is 1. The SMILES string of the molecule is NNC(c1ccc2c(c1)OCCCO2)c1ccccc1Cl. The molecule has 3 N–H and O–H groups in total. The van der Waals surface area contributed by atoms with Crippen molar-refractivity contribution in [2.75, 3.05) is 13.2 Å². The molecular formula is C16H17ClN2O2. The molecule has 0 saturated carbocycles. The van der Waals surface area contributed by atoms with Crippen molar-refractivity contribution in [3.05, 3.63) is 58.6 Å². The summed E-state index contributed by atoms with van der Waals surface area (Å²) in [7, 11) is 0. The molecule has 0 saturated heterocycles. The van der Waals surface area contributed by atoms with E-state index < -0.39 is 0 Å². The predicted molar refractivity (Wildman–Crippen MR) is 82.7 cm³/mol. The first-order valence-corrected chi connectivity index (χ1v) is 7.27. The molecule has 21 heavy (non-hydrogen) atoms. The van der Waals surface area contributed by atoms with Gasteiger partial charge in [0.05, 0.1) is 19.3 Å². The minimum atomic E-state index is -0.198. The highest BCUT2D eigenvalue weighted by molar-refractivity contribution is 6.31. The summed E-state index contributed by atoms with van der Waals surface area (Å²) >= 11 is 6.27. The molecule has 0 radical (unpaired) electrons. The number of halogens is 1. The summed E-state index contributed by atoms with van der Waals surface area (Å²) in [5, 5.41) is 0.674. The van der Waals surface area contributed by atoms with Gasteiger partial charge in [0.15, 0.2) is 11.5 Å². The van der Waals surface area contributed by atoms with E-state index in [0.717, 1.165) is 29.0 Å². The van der Waals surface area contributed by atoms with Gasteiger partial charge in [0.2, 0.25) is 0 Å².